The van der Waals surface area contributed by atoms with Gasteiger partial charge in [-0.15, -0.1) is 0 Å². The number of amides is 2. The highest BCUT2D eigenvalue weighted by Gasteiger charge is 2.36. The Labute approximate surface area is 90.6 Å². The average Bonchev–Trinajstić information content (AvgIpc) is 2.62. The second kappa shape index (κ2) is 5.32. The van der Waals surface area contributed by atoms with E-state index in [1.165, 1.54) is 0 Å². The first kappa shape index (κ1) is 12.3. The highest BCUT2D eigenvalue weighted by molar-refractivity contribution is 5.74. The third-order valence-electron chi connectivity index (χ3n) is 2.81. The number of nitrogens with zero attached hydrogens (tertiary/aromatic N) is 1. The number of hydrogen-bond donors (Lipinski definition) is 3. The predicted molar refractivity (Wildman–Crippen MR) is 58.5 cm³/mol. The normalized spacial score (nSPS) is 25.7. The van der Waals surface area contributed by atoms with Gasteiger partial charge < -0.3 is 21.1 Å². The van der Waals surface area contributed by atoms with Crippen LogP contribution in [0.2, 0.25) is 0 Å². The maximum atomic E-state index is 11.6. The molecule has 0 aromatic heterocycles. The number of urea groups is 1. The van der Waals surface area contributed by atoms with E-state index in [1.54, 1.807) is 4.90 Å². The van der Waals surface area contributed by atoms with E-state index < -0.39 is 5.60 Å². The molecule has 1 rings (SSSR count). The van der Waals surface area contributed by atoms with Crippen LogP contribution in [0.4, 0.5) is 4.79 Å². The number of unbranched alkanes of at least 4 members (excludes halogenated alkanes) is 1. The molecule has 0 aliphatic carbocycles. The Balaban J connectivity index is 2.30. The minimum absolute atomic E-state index is 0.0900. The molecule has 1 heterocycles. The molecule has 88 valence electrons. The SMILES string of the molecule is CCCCNC(=O)N1CCC(O)(CN)C1. The molecule has 1 saturated heterocycles. The molecule has 1 fully saturated rings. The Morgan fingerprint density at radius 3 is 2.93 bits per heavy atom. The first-order valence-electron chi connectivity index (χ1n) is 5.56. The lowest BCUT2D eigenvalue weighted by Gasteiger charge is -2.21. The third-order valence-corrected chi connectivity index (χ3v) is 2.81. The predicted octanol–water partition coefficient (Wildman–Crippen LogP) is -0.108. The zero-order valence-corrected chi connectivity index (χ0v) is 9.33. The van der Waals surface area contributed by atoms with Crippen molar-refractivity contribution >= 4 is 6.03 Å². The Hall–Kier alpha value is -0.810. The van der Waals surface area contributed by atoms with Crippen molar-refractivity contribution in [1.82, 2.24) is 10.2 Å². The van der Waals surface area contributed by atoms with Crippen molar-refractivity contribution in [2.45, 2.75) is 31.8 Å². The van der Waals surface area contributed by atoms with Gasteiger partial charge in [-0.2, -0.15) is 0 Å². The number of β-amino-alcohol motifs (C(OH)–C–C–N with tert-alkyl or cyclic N) is 1. The van der Waals surface area contributed by atoms with Crippen molar-refractivity contribution in [2.75, 3.05) is 26.2 Å². The van der Waals surface area contributed by atoms with E-state index in [2.05, 4.69) is 12.2 Å². The van der Waals surface area contributed by atoms with Gasteiger partial charge in [0.15, 0.2) is 0 Å². The second-order valence-electron chi connectivity index (χ2n) is 4.19. The molecule has 0 aromatic rings. The Morgan fingerprint density at radius 2 is 2.40 bits per heavy atom. The molecule has 5 nitrogen and oxygen atoms in total. The highest BCUT2D eigenvalue weighted by atomic mass is 16.3. The Kier molecular flexibility index (Phi) is 4.35. The minimum atomic E-state index is -0.873. The molecule has 1 aliphatic heterocycles. The summed E-state index contributed by atoms with van der Waals surface area (Å²) in [6.07, 6.45) is 2.62. The van der Waals surface area contributed by atoms with Gasteiger partial charge in [0.25, 0.3) is 0 Å². The van der Waals surface area contributed by atoms with Crippen molar-refractivity contribution in [1.29, 1.82) is 0 Å². The topological polar surface area (TPSA) is 78.6 Å². The lowest BCUT2D eigenvalue weighted by atomic mass is 10.0. The Morgan fingerprint density at radius 1 is 1.67 bits per heavy atom. The molecule has 15 heavy (non-hydrogen) atoms. The van der Waals surface area contributed by atoms with Crippen molar-refractivity contribution < 1.29 is 9.90 Å². The fraction of sp³-hybridized carbons (Fsp3) is 0.900. The first-order valence-corrected chi connectivity index (χ1v) is 5.56. The van der Waals surface area contributed by atoms with Crippen LogP contribution in [0, 0.1) is 0 Å². The number of aliphatic hydroxyl groups is 1. The molecule has 1 aliphatic rings. The molecule has 0 radical (unpaired) electrons. The lowest BCUT2D eigenvalue weighted by Crippen LogP contribution is -2.44. The zero-order valence-electron chi connectivity index (χ0n) is 9.33. The van der Waals surface area contributed by atoms with E-state index >= 15 is 0 Å². The van der Waals surface area contributed by atoms with Crippen LogP contribution < -0.4 is 11.1 Å². The molecule has 0 spiro atoms. The maximum absolute atomic E-state index is 11.6. The first-order chi connectivity index (χ1) is 7.11. The Bertz CT molecular complexity index is 223. The summed E-state index contributed by atoms with van der Waals surface area (Å²) in [6.45, 7) is 3.93. The van der Waals surface area contributed by atoms with Gasteiger partial charge >= 0.3 is 6.03 Å². The summed E-state index contributed by atoms with van der Waals surface area (Å²) >= 11 is 0. The summed E-state index contributed by atoms with van der Waals surface area (Å²) in [5.41, 5.74) is 4.57. The number of rotatable bonds is 4. The lowest BCUT2D eigenvalue weighted by molar-refractivity contribution is 0.0612. The monoisotopic (exact) mass is 215 g/mol. The molecule has 1 atom stereocenters. The van der Waals surface area contributed by atoms with E-state index in [0.29, 0.717) is 26.1 Å². The molecular weight excluding hydrogens is 194 g/mol. The standard InChI is InChI=1S/C10H21N3O2/c1-2-3-5-12-9(14)13-6-4-10(15,7-11)8-13/h15H,2-8,11H2,1H3,(H,12,14). The number of nitrogens with one attached hydrogen (secondary N) is 1. The average molecular weight is 215 g/mol. The minimum Gasteiger partial charge on any atom is -0.387 e. The van der Waals surface area contributed by atoms with Crippen LogP contribution in [0.25, 0.3) is 0 Å². The number of likely N-dealkylation sites (tertiary alicyclic amines) is 1. The van der Waals surface area contributed by atoms with Gasteiger partial charge in [0, 0.05) is 19.6 Å². The van der Waals surface area contributed by atoms with Gasteiger partial charge in [-0.1, -0.05) is 13.3 Å². The van der Waals surface area contributed by atoms with E-state index in [9.17, 15) is 9.90 Å². The molecule has 0 saturated carbocycles. The van der Waals surface area contributed by atoms with Gasteiger partial charge in [-0.3, -0.25) is 0 Å². The summed E-state index contributed by atoms with van der Waals surface area (Å²) in [4.78, 5) is 13.2. The van der Waals surface area contributed by atoms with Crippen LogP contribution in [-0.2, 0) is 0 Å². The molecule has 2 amide bonds. The molecule has 0 aromatic carbocycles. The number of nitrogens with two attached hydrogens (primary N) is 1. The van der Waals surface area contributed by atoms with Crippen molar-refractivity contribution in [3.63, 3.8) is 0 Å². The van der Waals surface area contributed by atoms with Crippen LogP contribution in [0.1, 0.15) is 26.2 Å². The van der Waals surface area contributed by atoms with Crippen molar-refractivity contribution in [3.8, 4) is 0 Å². The fourth-order valence-electron chi connectivity index (χ4n) is 1.68. The molecule has 4 N–H and O–H groups in total. The summed E-state index contributed by atoms with van der Waals surface area (Å²) < 4.78 is 0. The number of carbonyl (C=O) groups excluding carboxylic acids is 1. The van der Waals surface area contributed by atoms with E-state index in [1.807, 2.05) is 0 Å². The van der Waals surface area contributed by atoms with Gasteiger partial charge in [-0.05, 0) is 12.8 Å². The summed E-state index contributed by atoms with van der Waals surface area (Å²) in [5, 5.41) is 12.7. The maximum Gasteiger partial charge on any atom is 0.317 e. The molecule has 1 unspecified atom stereocenters. The van der Waals surface area contributed by atoms with Crippen LogP contribution >= 0.6 is 0 Å². The van der Waals surface area contributed by atoms with Gasteiger partial charge in [-0.25, -0.2) is 4.79 Å². The summed E-state index contributed by atoms with van der Waals surface area (Å²) in [7, 11) is 0. The number of carbonyl (C=O) groups is 1. The van der Waals surface area contributed by atoms with Crippen LogP contribution in [0.15, 0.2) is 0 Å². The smallest absolute Gasteiger partial charge is 0.317 e. The second-order valence-corrected chi connectivity index (χ2v) is 4.19. The van der Waals surface area contributed by atoms with E-state index in [-0.39, 0.29) is 12.6 Å². The van der Waals surface area contributed by atoms with Crippen molar-refractivity contribution in [2.24, 2.45) is 5.73 Å². The molecule has 5 heteroatoms. The zero-order chi connectivity index (χ0) is 11.3. The fourth-order valence-corrected chi connectivity index (χ4v) is 1.68. The van der Waals surface area contributed by atoms with Crippen LogP contribution in [-0.4, -0.2) is 47.8 Å². The van der Waals surface area contributed by atoms with Gasteiger partial charge in [0.2, 0.25) is 0 Å². The molecule has 0 bridgehead atoms. The number of hydrogen-bond acceptors (Lipinski definition) is 3. The highest BCUT2D eigenvalue weighted by Crippen LogP contribution is 2.19. The quantitative estimate of drug-likeness (QED) is 0.573. The van der Waals surface area contributed by atoms with E-state index in [4.69, 9.17) is 5.73 Å². The van der Waals surface area contributed by atoms with Crippen LogP contribution in [0.5, 0.6) is 0 Å². The third kappa shape index (κ3) is 3.35. The largest absolute Gasteiger partial charge is 0.387 e. The van der Waals surface area contributed by atoms with Crippen LogP contribution in [0.3, 0.4) is 0 Å². The van der Waals surface area contributed by atoms with Crippen molar-refractivity contribution in [3.05, 3.63) is 0 Å². The van der Waals surface area contributed by atoms with Gasteiger partial charge in [0.05, 0.1) is 12.1 Å². The van der Waals surface area contributed by atoms with E-state index in [0.717, 1.165) is 12.8 Å². The summed E-state index contributed by atoms with van der Waals surface area (Å²) in [5.74, 6) is 0. The van der Waals surface area contributed by atoms with Gasteiger partial charge in [0.1, 0.15) is 0 Å². The summed E-state index contributed by atoms with van der Waals surface area (Å²) in [6, 6.07) is -0.0900. The molecular formula is C10H21N3O2.